The van der Waals surface area contributed by atoms with E-state index in [1.807, 2.05) is 45.9 Å². The number of allylic oxidation sites excluding steroid dienone is 5. The van der Waals surface area contributed by atoms with Gasteiger partial charge in [0.15, 0.2) is 0 Å². The maximum Gasteiger partial charge on any atom is -0.0382 e. The molecule has 0 amide bonds. The Morgan fingerprint density at radius 1 is 0.786 bits per heavy atom. The lowest BCUT2D eigenvalue weighted by Crippen LogP contribution is -1.38. The largest absolute Gasteiger partial charge is 0.103 e. The molecule has 0 atom stereocenters. The van der Waals surface area contributed by atoms with Gasteiger partial charge in [-0.1, -0.05) is 78.2 Å². The van der Waals surface area contributed by atoms with E-state index >= 15 is 0 Å². The highest BCUT2D eigenvalue weighted by Gasteiger charge is 1.47. The second kappa shape index (κ2) is 58.4. The van der Waals surface area contributed by atoms with Gasteiger partial charge in [0.05, 0.1) is 0 Å². The second-order valence-corrected chi connectivity index (χ2v) is 1.55. The minimum atomic E-state index is 1.08. The lowest BCUT2D eigenvalue weighted by Gasteiger charge is -1.60. The summed E-state index contributed by atoms with van der Waals surface area (Å²) in [6, 6.07) is 0. The summed E-state index contributed by atoms with van der Waals surface area (Å²) < 4.78 is 0. The zero-order chi connectivity index (χ0) is 12.2. The predicted molar refractivity (Wildman–Crippen MR) is 72.7 cm³/mol. The van der Waals surface area contributed by atoms with Crippen LogP contribution in [0, 0.1) is 0 Å². The van der Waals surface area contributed by atoms with Gasteiger partial charge in [0.2, 0.25) is 0 Å². The lowest BCUT2D eigenvalue weighted by molar-refractivity contribution is 1.23. The average Bonchev–Trinajstić information content (AvgIpc) is 2.32. The van der Waals surface area contributed by atoms with Crippen LogP contribution >= 0.6 is 0 Å². The second-order valence-electron chi connectivity index (χ2n) is 1.55. The molecule has 0 aromatic rings. The lowest BCUT2D eigenvalue weighted by atomic mass is 10.5. The van der Waals surface area contributed by atoms with E-state index in [0.717, 1.165) is 6.42 Å². The zero-order valence-electron chi connectivity index (χ0n) is 10.7. The highest BCUT2D eigenvalue weighted by molar-refractivity contribution is 5.05. The van der Waals surface area contributed by atoms with Crippen molar-refractivity contribution in [2.24, 2.45) is 0 Å². The Hall–Kier alpha value is -1.04. The summed E-state index contributed by atoms with van der Waals surface area (Å²) in [5.41, 5.74) is 0. The van der Waals surface area contributed by atoms with Crippen molar-refractivity contribution in [2.45, 2.75) is 41.0 Å². The Kier molecular flexibility index (Phi) is 96.3. The maximum absolute atomic E-state index is 3.48. The van der Waals surface area contributed by atoms with E-state index < -0.39 is 0 Å². The molecule has 0 saturated carbocycles. The summed E-state index contributed by atoms with van der Waals surface area (Å²) in [6.07, 6.45) is 10.0. The predicted octanol–water partition coefficient (Wildman–Crippen LogP) is 5.55. The van der Waals surface area contributed by atoms with Crippen molar-refractivity contribution in [3.05, 3.63) is 50.1 Å². The number of hydrogen-bond donors (Lipinski definition) is 0. The first-order valence-electron chi connectivity index (χ1n) is 5.34. The molecule has 0 fully saturated rings. The highest BCUT2D eigenvalue weighted by atomic mass is 13.5. The van der Waals surface area contributed by atoms with E-state index in [-0.39, 0.29) is 0 Å². The van der Waals surface area contributed by atoms with Gasteiger partial charge in [-0.3, -0.25) is 0 Å². The molecular formula is C14H28. The van der Waals surface area contributed by atoms with Crippen LogP contribution in [0.25, 0.3) is 0 Å². The van der Waals surface area contributed by atoms with E-state index in [9.17, 15) is 0 Å². The van der Waals surface area contributed by atoms with E-state index in [1.165, 1.54) is 0 Å². The minimum Gasteiger partial charge on any atom is -0.103 e. The van der Waals surface area contributed by atoms with Crippen molar-refractivity contribution in [3.63, 3.8) is 0 Å². The molecule has 0 radical (unpaired) electrons. The van der Waals surface area contributed by atoms with Gasteiger partial charge in [-0.05, 0) is 6.42 Å². The first kappa shape index (κ1) is 23.1. The van der Waals surface area contributed by atoms with Crippen molar-refractivity contribution < 1.29 is 0 Å². The summed E-state index contributed by atoms with van der Waals surface area (Å²) in [4.78, 5) is 0. The third kappa shape index (κ3) is 124. The summed E-state index contributed by atoms with van der Waals surface area (Å²) in [5.74, 6) is 0. The van der Waals surface area contributed by atoms with Crippen LogP contribution in [0.1, 0.15) is 41.0 Å². The number of rotatable bonds is 3. The van der Waals surface area contributed by atoms with Crippen molar-refractivity contribution in [3.8, 4) is 0 Å². The van der Waals surface area contributed by atoms with Crippen LogP contribution in [-0.2, 0) is 0 Å². The van der Waals surface area contributed by atoms with Gasteiger partial charge in [-0.25, -0.2) is 0 Å². The molecule has 0 spiro atoms. The normalized spacial score (nSPS) is 6.36. The van der Waals surface area contributed by atoms with Crippen LogP contribution in [0.3, 0.4) is 0 Å². The van der Waals surface area contributed by atoms with E-state index in [0.29, 0.717) is 0 Å². The fourth-order valence-electron chi connectivity index (χ4n) is 0.157. The van der Waals surface area contributed by atoms with Crippen LogP contribution in [0.4, 0.5) is 0 Å². The summed E-state index contributed by atoms with van der Waals surface area (Å²) >= 11 is 0. The van der Waals surface area contributed by atoms with Gasteiger partial charge in [0.1, 0.15) is 0 Å². The monoisotopic (exact) mass is 196 g/mol. The molecular weight excluding hydrogens is 168 g/mol. The van der Waals surface area contributed by atoms with Crippen molar-refractivity contribution in [1.82, 2.24) is 0 Å². The molecule has 14 heavy (non-hydrogen) atoms. The molecule has 0 unspecified atom stereocenters. The molecule has 0 saturated heterocycles. The van der Waals surface area contributed by atoms with Crippen LogP contribution in [0.5, 0.6) is 0 Å². The summed E-state index contributed by atoms with van der Waals surface area (Å²) in [7, 11) is 0. The Bertz CT molecular complexity index is 97.2. The Labute approximate surface area is 91.7 Å². The molecule has 0 aromatic carbocycles. The smallest absolute Gasteiger partial charge is 0.0382 e. The van der Waals surface area contributed by atoms with Crippen molar-refractivity contribution in [1.29, 1.82) is 0 Å². The van der Waals surface area contributed by atoms with Crippen LogP contribution < -0.4 is 0 Å². The van der Waals surface area contributed by atoms with Gasteiger partial charge >= 0.3 is 0 Å². The Morgan fingerprint density at radius 2 is 1.00 bits per heavy atom. The number of hydrogen-bond acceptors (Lipinski definition) is 0. The minimum absolute atomic E-state index is 1.08. The first-order valence-corrected chi connectivity index (χ1v) is 5.34. The van der Waals surface area contributed by atoms with Crippen molar-refractivity contribution >= 4 is 0 Å². The standard InChI is InChI=1S/C6H8.C4H8.2C2H6/c1-3-5-6-4-2;1-3-4-2;2*1-2/h3-6H,1-2H2;3H,1,4H2,2H3;2*1-2H3/b6-5-;;;. The molecule has 0 aliphatic rings. The molecule has 0 heteroatoms. The van der Waals surface area contributed by atoms with Gasteiger partial charge in [-0.2, -0.15) is 0 Å². The fraction of sp³-hybridized carbons (Fsp3) is 0.429. The Morgan fingerprint density at radius 3 is 1.07 bits per heavy atom. The van der Waals surface area contributed by atoms with E-state index in [2.05, 4.69) is 26.7 Å². The molecule has 0 aliphatic heterocycles. The van der Waals surface area contributed by atoms with Crippen LogP contribution in [0.2, 0.25) is 0 Å². The molecule has 0 N–H and O–H groups in total. The maximum atomic E-state index is 3.48. The fourth-order valence-corrected chi connectivity index (χ4v) is 0.157. The molecule has 0 aromatic heterocycles. The third-order valence-electron chi connectivity index (χ3n) is 0.672. The molecule has 0 nitrogen and oxygen atoms in total. The van der Waals surface area contributed by atoms with Gasteiger partial charge in [0, 0.05) is 0 Å². The molecule has 0 aliphatic carbocycles. The summed E-state index contributed by atoms with van der Waals surface area (Å²) in [5, 5.41) is 0. The topological polar surface area (TPSA) is 0 Å². The quantitative estimate of drug-likeness (QED) is 0.410. The summed E-state index contributed by atoms with van der Waals surface area (Å²) in [6.45, 7) is 20.5. The zero-order valence-corrected chi connectivity index (χ0v) is 10.7. The van der Waals surface area contributed by atoms with Gasteiger partial charge in [-0.15, -0.1) is 6.58 Å². The van der Waals surface area contributed by atoms with Gasteiger partial charge < -0.3 is 0 Å². The highest BCUT2D eigenvalue weighted by Crippen LogP contribution is 1.69. The molecule has 0 bridgehead atoms. The molecule has 0 heterocycles. The average molecular weight is 196 g/mol. The Balaban J connectivity index is -0.0000000546. The van der Waals surface area contributed by atoms with Gasteiger partial charge in [0.25, 0.3) is 0 Å². The third-order valence-corrected chi connectivity index (χ3v) is 0.672. The van der Waals surface area contributed by atoms with E-state index in [1.54, 1.807) is 12.2 Å². The molecule has 0 rings (SSSR count). The first-order chi connectivity index (χ1) is 6.83. The van der Waals surface area contributed by atoms with E-state index in [4.69, 9.17) is 0 Å². The van der Waals surface area contributed by atoms with Crippen LogP contribution in [0.15, 0.2) is 50.1 Å². The molecule has 84 valence electrons. The SMILES string of the molecule is C=C/C=C\C=C.C=CCC.CC.CC. The van der Waals surface area contributed by atoms with Crippen molar-refractivity contribution in [2.75, 3.05) is 0 Å². The van der Waals surface area contributed by atoms with Crippen LogP contribution in [-0.4, -0.2) is 0 Å².